The van der Waals surface area contributed by atoms with Crippen LogP contribution in [-0.2, 0) is 33.2 Å². The number of hydrogen-bond acceptors (Lipinski definition) is 15. The molecule has 20 nitrogen and oxygen atoms in total. The summed E-state index contributed by atoms with van der Waals surface area (Å²) in [6, 6.07) is 20.6. The van der Waals surface area contributed by atoms with Crippen molar-refractivity contribution in [1.82, 2.24) is 14.1 Å². The largest absolute Gasteiger partial charge is 0.505 e. The number of anilines is 1. The number of amides is 5. The Bertz CT molecular complexity index is 3480. The van der Waals surface area contributed by atoms with E-state index in [0.717, 1.165) is 15.9 Å². The zero-order valence-corrected chi connectivity index (χ0v) is 40.6. The summed E-state index contributed by atoms with van der Waals surface area (Å²) in [5.41, 5.74) is -2.25. The van der Waals surface area contributed by atoms with Gasteiger partial charge in [0, 0.05) is 29.9 Å². The van der Waals surface area contributed by atoms with E-state index < -0.39 is 95.4 Å². The summed E-state index contributed by atoms with van der Waals surface area (Å²) in [5, 5.41) is 22.4. The first-order valence-electron chi connectivity index (χ1n) is 21.3. The number of imide groups is 2. The predicted molar refractivity (Wildman–Crippen MR) is 257 cm³/mol. The highest BCUT2D eigenvalue weighted by atomic mass is 35.5. The van der Waals surface area contributed by atoms with Crippen molar-refractivity contribution in [3.8, 4) is 23.0 Å². The van der Waals surface area contributed by atoms with Crippen LogP contribution < -0.4 is 19.5 Å². The van der Waals surface area contributed by atoms with Gasteiger partial charge >= 0.3 is 0 Å². The van der Waals surface area contributed by atoms with Crippen molar-refractivity contribution in [2.75, 3.05) is 39.7 Å². The number of nitrogens with one attached hydrogen (secondary N) is 1. The van der Waals surface area contributed by atoms with Gasteiger partial charge in [-0.15, -0.1) is 10.2 Å². The number of benzene rings is 6. The first kappa shape index (κ1) is 49.7. The van der Waals surface area contributed by atoms with Gasteiger partial charge in [0.1, 0.15) is 39.1 Å². The topological polar surface area (TPSA) is 268 Å². The van der Waals surface area contributed by atoms with Crippen molar-refractivity contribution in [3.63, 3.8) is 0 Å². The quantitative estimate of drug-likeness (QED) is 0.0475. The second-order valence-electron chi connectivity index (χ2n) is 15.8. The minimum Gasteiger partial charge on any atom is -0.505 e. The first-order valence-corrected chi connectivity index (χ1v) is 24.6. The Morgan fingerprint density at radius 1 is 0.704 bits per heavy atom. The number of hydrogen-bond donors (Lipinski definition) is 3. The lowest BCUT2D eigenvalue weighted by molar-refractivity contribution is 0.0630. The summed E-state index contributed by atoms with van der Waals surface area (Å²) in [6.07, 6.45) is 0. The number of halogens is 1. The van der Waals surface area contributed by atoms with Crippen molar-refractivity contribution in [1.29, 1.82) is 0 Å². The normalized spacial score (nSPS) is 13.7. The maximum absolute atomic E-state index is 14.7. The molecule has 0 saturated carbocycles. The molecule has 3 N–H and O–H groups in total. The average molecular weight is 1030 g/mol. The molecule has 0 spiro atoms. The summed E-state index contributed by atoms with van der Waals surface area (Å²) < 4.78 is 83.8. The number of fused-ring (bicyclic) bond motifs is 3. The van der Waals surface area contributed by atoms with Crippen molar-refractivity contribution in [2.45, 2.75) is 36.7 Å². The first-order chi connectivity index (χ1) is 33.8. The van der Waals surface area contributed by atoms with Crippen molar-refractivity contribution < 1.29 is 64.7 Å². The molecule has 8 rings (SSSR count). The zero-order valence-electron chi connectivity index (χ0n) is 38.2. The lowest BCUT2D eigenvalue weighted by Crippen LogP contribution is -2.30. The van der Waals surface area contributed by atoms with E-state index in [1.165, 1.54) is 98.4 Å². The molecule has 5 amide bonds. The molecule has 71 heavy (non-hydrogen) atoms. The van der Waals surface area contributed by atoms with E-state index >= 15 is 0 Å². The van der Waals surface area contributed by atoms with E-state index in [-0.39, 0.29) is 85.0 Å². The van der Waals surface area contributed by atoms with Crippen LogP contribution in [0.25, 0.3) is 10.8 Å². The molecular formula is C48H41ClN6O14S2. The fraction of sp³-hybridized carbons (Fsp3) is 0.188. The number of azo groups is 1. The lowest BCUT2D eigenvalue weighted by Gasteiger charge is -2.22. The number of carbonyl (C=O) groups excluding carboxylic acids is 5. The Kier molecular flexibility index (Phi) is 13.4. The Balaban J connectivity index is 1.43. The molecule has 6 aromatic rings. The fourth-order valence-electron chi connectivity index (χ4n) is 8.47. The third-order valence-electron chi connectivity index (χ3n) is 11.8. The molecule has 23 heteroatoms. The maximum atomic E-state index is 14.7. The van der Waals surface area contributed by atoms with Gasteiger partial charge in [-0.2, -0.15) is 12.7 Å². The van der Waals surface area contributed by atoms with Gasteiger partial charge in [-0.25, -0.2) is 8.42 Å². The molecule has 6 aromatic carbocycles. The van der Waals surface area contributed by atoms with E-state index in [0.29, 0.717) is 0 Å². The van der Waals surface area contributed by atoms with Crippen LogP contribution in [0.5, 0.6) is 23.0 Å². The number of nitrogens with zero attached hydrogens (tertiary/aromatic N) is 5. The second kappa shape index (κ2) is 19.2. The zero-order chi connectivity index (χ0) is 51.3. The van der Waals surface area contributed by atoms with Gasteiger partial charge in [0.25, 0.3) is 39.7 Å². The number of ether oxygens (including phenoxy) is 3. The number of phenols is 1. The SMILES string of the molecule is CCN(CC)S(=O)(=O)c1ccc(OC)c(N=Nc2c(O)c(C(=O)Nc3cc(Cl)c(OC)cc3OC)c(S(=O)(=O)O)c3c(CN4C(=O)c5ccccc5C4=O)cc(CN4C(=O)c5ccccc5C4=O)cc23)c1. The van der Waals surface area contributed by atoms with Crippen LogP contribution in [0.4, 0.5) is 17.1 Å². The van der Waals surface area contributed by atoms with Crippen LogP contribution in [0.15, 0.2) is 111 Å². The standard InChI is InChI=1S/C48H41ClN6O14S2/c1-6-53(7-2)70(62,63)27-16-17-36(67-3)35(20-27)51-52-41-32-19-25(23-54-45(58)28-12-8-9-13-29(28)46(54)59)18-26(24-55-47(60)30-14-10-11-15-31(30)48(55)61)39(32)43(71(64,65)66)40(42(41)56)44(57)50-34-21-33(49)37(68-4)22-38(34)69-5/h8-22,56H,6-7,23-24H2,1-5H3,(H,50,57)(H,64,65,66). The van der Waals surface area contributed by atoms with E-state index in [1.54, 1.807) is 26.0 Å². The van der Waals surface area contributed by atoms with Crippen LogP contribution in [0.2, 0.25) is 5.02 Å². The molecule has 0 unspecified atom stereocenters. The Hall–Kier alpha value is -7.76. The fourth-order valence-corrected chi connectivity index (χ4v) is 11.1. The molecule has 2 aliphatic heterocycles. The summed E-state index contributed by atoms with van der Waals surface area (Å²) in [4.78, 5) is 70.3. The smallest absolute Gasteiger partial charge is 0.296 e. The second-order valence-corrected chi connectivity index (χ2v) is 19.5. The molecular weight excluding hydrogens is 984 g/mol. The molecule has 366 valence electrons. The number of rotatable bonds is 16. The van der Waals surface area contributed by atoms with Crippen LogP contribution in [0.1, 0.15) is 76.8 Å². The molecule has 0 aromatic heterocycles. The molecule has 2 heterocycles. The molecule has 0 radical (unpaired) electrons. The summed E-state index contributed by atoms with van der Waals surface area (Å²) >= 11 is 6.40. The van der Waals surface area contributed by atoms with Crippen molar-refractivity contribution in [3.05, 3.63) is 135 Å². The van der Waals surface area contributed by atoms with Crippen LogP contribution in [0.3, 0.4) is 0 Å². The highest BCUT2D eigenvalue weighted by Crippen LogP contribution is 2.48. The van der Waals surface area contributed by atoms with Crippen LogP contribution in [0, 0.1) is 0 Å². The van der Waals surface area contributed by atoms with Crippen molar-refractivity contribution >= 4 is 89.1 Å². The predicted octanol–water partition coefficient (Wildman–Crippen LogP) is 7.76. The monoisotopic (exact) mass is 1020 g/mol. The minimum absolute atomic E-state index is 0.0115. The number of sulfonamides is 1. The Morgan fingerprint density at radius 2 is 1.24 bits per heavy atom. The molecule has 0 saturated heterocycles. The van der Waals surface area contributed by atoms with Gasteiger partial charge in [0.2, 0.25) is 10.0 Å². The summed E-state index contributed by atoms with van der Waals surface area (Å²) in [5.74, 6) is -5.57. The molecule has 0 aliphatic carbocycles. The molecule has 2 aliphatic rings. The van der Waals surface area contributed by atoms with E-state index in [9.17, 15) is 50.5 Å². The van der Waals surface area contributed by atoms with Crippen LogP contribution in [-0.4, -0.2) is 105 Å². The third-order valence-corrected chi connectivity index (χ3v) is 15.1. The van der Waals surface area contributed by atoms with Gasteiger partial charge in [-0.3, -0.25) is 38.3 Å². The third kappa shape index (κ3) is 8.80. The summed E-state index contributed by atoms with van der Waals surface area (Å²) in [6.45, 7) is 2.25. The van der Waals surface area contributed by atoms with E-state index in [2.05, 4.69) is 15.5 Å². The van der Waals surface area contributed by atoms with Crippen LogP contribution >= 0.6 is 11.6 Å². The minimum atomic E-state index is -5.68. The van der Waals surface area contributed by atoms with Gasteiger partial charge in [0.05, 0.1) is 72.3 Å². The van der Waals surface area contributed by atoms with Gasteiger partial charge in [-0.05, 0) is 65.7 Å². The van der Waals surface area contributed by atoms with Gasteiger partial charge in [-0.1, -0.05) is 55.8 Å². The molecule has 0 fully saturated rings. The van der Waals surface area contributed by atoms with Gasteiger partial charge in [0.15, 0.2) is 5.75 Å². The lowest BCUT2D eigenvalue weighted by atomic mass is 9.95. The van der Waals surface area contributed by atoms with Crippen molar-refractivity contribution in [2.24, 2.45) is 10.2 Å². The number of methoxy groups -OCH3 is 3. The average Bonchev–Trinajstić information content (AvgIpc) is 3.73. The van der Waals surface area contributed by atoms with E-state index in [4.69, 9.17) is 25.8 Å². The number of aromatic hydroxyl groups is 1. The molecule has 0 atom stereocenters. The Morgan fingerprint density at radius 3 is 1.75 bits per heavy atom. The van der Waals surface area contributed by atoms with Gasteiger partial charge < -0.3 is 24.6 Å². The summed E-state index contributed by atoms with van der Waals surface area (Å²) in [7, 11) is -5.97. The highest BCUT2D eigenvalue weighted by molar-refractivity contribution is 7.89. The van der Waals surface area contributed by atoms with E-state index in [1.807, 2.05) is 0 Å². The highest BCUT2D eigenvalue weighted by Gasteiger charge is 2.40. The number of carbonyl (C=O) groups is 5. The number of phenolic OH excluding ortho intramolecular Hbond substituents is 1. The molecule has 0 bridgehead atoms. The maximum Gasteiger partial charge on any atom is 0.296 e. The Labute approximate surface area is 410 Å².